The largest absolute Gasteiger partial charge is 0.327 e. The van der Waals surface area contributed by atoms with E-state index in [2.05, 4.69) is 31.0 Å². The van der Waals surface area contributed by atoms with Gasteiger partial charge in [0.1, 0.15) is 0 Å². The molecule has 94 valence electrons. The molecule has 1 heterocycles. The van der Waals surface area contributed by atoms with Gasteiger partial charge in [-0.05, 0) is 62.6 Å². The number of hydrogen-bond donors (Lipinski definition) is 1. The van der Waals surface area contributed by atoms with Crippen LogP contribution in [0.1, 0.15) is 56.2 Å². The number of aromatic nitrogens is 1. The van der Waals surface area contributed by atoms with E-state index in [1.165, 1.54) is 36.9 Å². The lowest BCUT2D eigenvalue weighted by Gasteiger charge is -2.31. The molecule has 0 amide bonds. The Labute approximate surface area is 105 Å². The molecule has 1 fully saturated rings. The Balaban J connectivity index is 1.95. The maximum atomic E-state index is 6.14. The van der Waals surface area contributed by atoms with Gasteiger partial charge in [-0.15, -0.1) is 0 Å². The van der Waals surface area contributed by atoms with Crippen LogP contribution in [0.2, 0.25) is 0 Å². The van der Waals surface area contributed by atoms with Crippen molar-refractivity contribution in [3.8, 4) is 0 Å². The first-order valence-electron chi connectivity index (χ1n) is 6.88. The third-order valence-corrected chi connectivity index (χ3v) is 4.20. The summed E-state index contributed by atoms with van der Waals surface area (Å²) in [6.45, 7) is 4.34. The Morgan fingerprint density at radius 3 is 2.65 bits per heavy atom. The van der Waals surface area contributed by atoms with Crippen molar-refractivity contribution in [3.63, 3.8) is 0 Å². The van der Waals surface area contributed by atoms with Crippen LogP contribution in [0, 0.1) is 12.8 Å². The van der Waals surface area contributed by atoms with Crippen LogP contribution >= 0.6 is 0 Å². The second-order valence-electron chi connectivity index (χ2n) is 5.44. The van der Waals surface area contributed by atoms with Gasteiger partial charge in [0, 0.05) is 23.9 Å². The minimum absolute atomic E-state index is 0.404. The lowest BCUT2D eigenvalue weighted by atomic mass is 9.77. The molecule has 2 heteroatoms. The molecule has 2 rings (SSSR count). The molecule has 1 aliphatic carbocycles. The molecule has 1 saturated carbocycles. The van der Waals surface area contributed by atoms with Crippen LogP contribution in [-0.4, -0.2) is 11.0 Å². The average Bonchev–Trinajstić information content (AvgIpc) is 2.38. The van der Waals surface area contributed by atoms with Gasteiger partial charge in [0.15, 0.2) is 0 Å². The standard InChI is InChI=1S/C15H24N2/c1-3-14(16)12-4-6-13(7-5-12)15-10-11(2)8-9-17-15/h8-10,12-14H,3-7,16H2,1-2H3. The Morgan fingerprint density at radius 1 is 1.35 bits per heavy atom. The maximum Gasteiger partial charge on any atom is 0.0437 e. The van der Waals surface area contributed by atoms with Crippen LogP contribution in [-0.2, 0) is 0 Å². The monoisotopic (exact) mass is 232 g/mol. The van der Waals surface area contributed by atoms with Gasteiger partial charge < -0.3 is 5.73 Å². The topological polar surface area (TPSA) is 38.9 Å². The molecule has 1 aromatic heterocycles. The van der Waals surface area contributed by atoms with E-state index in [9.17, 15) is 0 Å². The highest BCUT2D eigenvalue weighted by atomic mass is 14.7. The summed E-state index contributed by atoms with van der Waals surface area (Å²) in [7, 11) is 0. The summed E-state index contributed by atoms with van der Waals surface area (Å²) in [5.74, 6) is 1.40. The van der Waals surface area contributed by atoms with Gasteiger partial charge in [-0.2, -0.15) is 0 Å². The molecule has 17 heavy (non-hydrogen) atoms. The van der Waals surface area contributed by atoms with E-state index in [1.54, 1.807) is 0 Å². The van der Waals surface area contributed by atoms with Gasteiger partial charge in [-0.3, -0.25) is 4.98 Å². The van der Waals surface area contributed by atoms with E-state index in [1.807, 2.05) is 6.20 Å². The second kappa shape index (κ2) is 5.63. The van der Waals surface area contributed by atoms with Gasteiger partial charge in [0.05, 0.1) is 0 Å². The third-order valence-electron chi connectivity index (χ3n) is 4.20. The summed E-state index contributed by atoms with van der Waals surface area (Å²) in [6.07, 6.45) is 8.11. The Hall–Kier alpha value is -0.890. The van der Waals surface area contributed by atoms with Crippen molar-refractivity contribution in [2.75, 3.05) is 0 Å². The van der Waals surface area contributed by atoms with Crippen molar-refractivity contribution in [3.05, 3.63) is 29.6 Å². The first-order chi connectivity index (χ1) is 8.20. The number of nitrogens with zero attached hydrogens (tertiary/aromatic N) is 1. The van der Waals surface area contributed by atoms with Gasteiger partial charge >= 0.3 is 0 Å². The van der Waals surface area contributed by atoms with Gasteiger partial charge in [-0.25, -0.2) is 0 Å². The van der Waals surface area contributed by atoms with Crippen LogP contribution in [0.3, 0.4) is 0 Å². The van der Waals surface area contributed by atoms with Crippen LogP contribution in [0.15, 0.2) is 18.3 Å². The molecule has 1 aliphatic rings. The molecule has 1 unspecified atom stereocenters. The normalized spacial score (nSPS) is 26.8. The zero-order valence-corrected chi connectivity index (χ0v) is 11.0. The van der Waals surface area contributed by atoms with Crippen LogP contribution < -0.4 is 5.73 Å². The van der Waals surface area contributed by atoms with Gasteiger partial charge in [0.25, 0.3) is 0 Å². The number of hydrogen-bond acceptors (Lipinski definition) is 2. The Morgan fingerprint density at radius 2 is 2.06 bits per heavy atom. The minimum Gasteiger partial charge on any atom is -0.327 e. The fourth-order valence-corrected chi connectivity index (χ4v) is 2.96. The van der Waals surface area contributed by atoms with E-state index in [0.717, 1.165) is 12.3 Å². The summed E-state index contributed by atoms with van der Waals surface area (Å²) < 4.78 is 0. The number of nitrogens with two attached hydrogens (primary N) is 1. The van der Waals surface area contributed by atoms with E-state index < -0.39 is 0 Å². The molecular formula is C15H24N2. The molecule has 0 aromatic carbocycles. The van der Waals surface area contributed by atoms with Crippen molar-refractivity contribution < 1.29 is 0 Å². The van der Waals surface area contributed by atoms with E-state index >= 15 is 0 Å². The molecule has 0 radical (unpaired) electrons. The van der Waals surface area contributed by atoms with E-state index in [4.69, 9.17) is 5.73 Å². The van der Waals surface area contributed by atoms with E-state index in [-0.39, 0.29) is 0 Å². The fraction of sp³-hybridized carbons (Fsp3) is 0.667. The predicted octanol–water partition coefficient (Wildman–Crippen LogP) is 3.40. The maximum absolute atomic E-state index is 6.14. The highest BCUT2D eigenvalue weighted by Crippen LogP contribution is 2.36. The summed E-state index contributed by atoms with van der Waals surface area (Å²) >= 11 is 0. The van der Waals surface area contributed by atoms with Gasteiger partial charge in [-0.1, -0.05) is 6.92 Å². The van der Waals surface area contributed by atoms with Crippen molar-refractivity contribution in [2.45, 2.75) is 57.9 Å². The first-order valence-corrected chi connectivity index (χ1v) is 6.88. The number of aryl methyl sites for hydroxylation is 1. The lowest BCUT2D eigenvalue weighted by Crippen LogP contribution is -2.32. The SMILES string of the molecule is CCC(N)C1CCC(c2cc(C)ccn2)CC1. The first kappa shape index (κ1) is 12.6. The summed E-state index contributed by atoms with van der Waals surface area (Å²) in [5, 5.41) is 0. The predicted molar refractivity (Wildman–Crippen MR) is 71.9 cm³/mol. The smallest absolute Gasteiger partial charge is 0.0437 e. The summed E-state index contributed by atoms with van der Waals surface area (Å²) in [6, 6.07) is 4.72. The van der Waals surface area contributed by atoms with Crippen LogP contribution in [0.5, 0.6) is 0 Å². The molecule has 2 N–H and O–H groups in total. The Kier molecular flexibility index (Phi) is 4.16. The van der Waals surface area contributed by atoms with Crippen molar-refractivity contribution in [2.24, 2.45) is 11.7 Å². The molecule has 0 bridgehead atoms. The molecular weight excluding hydrogens is 208 g/mol. The number of rotatable bonds is 3. The van der Waals surface area contributed by atoms with E-state index in [0.29, 0.717) is 12.0 Å². The quantitative estimate of drug-likeness (QED) is 0.867. The number of pyridine rings is 1. The second-order valence-corrected chi connectivity index (χ2v) is 5.44. The van der Waals surface area contributed by atoms with Crippen molar-refractivity contribution in [1.29, 1.82) is 0 Å². The molecule has 0 spiro atoms. The highest BCUT2D eigenvalue weighted by molar-refractivity contribution is 5.18. The molecule has 2 nitrogen and oxygen atoms in total. The average molecular weight is 232 g/mol. The summed E-state index contributed by atoms with van der Waals surface area (Å²) in [4.78, 5) is 4.52. The molecule has 1 atom stereocenters. The molecule has 1 aromatic rings. The fourth-order valence-electron chi connectivity index (χ4n) is 2.96. The van der Waals surface area contributed by atoms with Crippen molar-refractivity contribution in [1.82, 2.24) is 4.98 Å². The van der Waals surface area contributed by atoms with Crippen molar-refractivity contribution >= 4 is 0 Å². The summed E-state index contributed by atoms with van der Waals surface area (Å²) in [5.41, 5.74) is 8.75. The third kappa shape index (κ3) is 3.06. The molecule has 0 aliphatic heterocycles. The zero-order chi connectivity index (χ0) is 12.3. The van der Waals surface area contributed by atoms with Crippen LogP contribution in [0.4, 0.5) is 0 Å². The minimum atomic E-state index is 0.404. The van der Waals surface area contributed by atoms with Crippen LogP contribution in [0.25, 0.3) is 0 Å². The lowest BCUT2D eigenvalue weighted by molar-refractivity contribution is 0.275. The van der Waals surface area contributed by atoms with Gasteiger partial charge in [0.2, 0.25) is 0 Å². The molecule has 0 saturated heterocycles. The zero-order valence-electron chi connectivity index (χ0n) is 11.0. The highest BCUT2D eigenvalue weighted by Gasteiger charge is 2.26. The Bertz CT molecular complexity index is 354.